The Hall–Kier alpha value is -2.77. The Morgan fingerprint density at radius 2 is 1.90 bits per heavy atom. The number of fused-ring (bicyclic) bond motifs is 1. The molecule has 1 aromatic carbocycles. The van der Waals surface area contributed by atoms with Crippen LogP contribution >= 0.6 is 11.3 Å². The van der Waals surface area contributed by atoms with Crippen molar-refractivity contribution in [2.24, 2.45) is 0 Å². The number of aromatic nitrogens is 2. The van der Waals surface area contributed by atoms with Gasteiger partial charge < -0.3 is 8.83 Å². The first kappa shape index (κ1) is 19.5. The highest BCUT2D eigenvalue weighted by atomic mass is 32.1. The van der Waals surface area contributed by atoms with Gasteiger partial charge in [0, 0.05) is 18.0 Å². The number of thiophene rings is 1. The first-order valence-electron chi connectivity index (χ1n) is 9.66. The van der Waals surface area contributed by atoms with Gasteiger partial charge in [0.1, 0.15) is 5.58 Å². The van der Waals surface area contributed by atoms with Crippen molar-refractivity contribution in [3.63, 3.8) is 0 Å². The molecule has 0 saturated heterocycles. The van der Waals surface area contributed by atoms with Gasteiger partial charge >= 0.3 is 5.63 Å². The summed E-state index contributed by atoms with van der Waals surface area (Å²) in [5.74, 6) is 1.12. The van der Waals surface area contributed by atoms with E-state index in [9.17, 15) is 4.79 Å². The van der Waals surface area contributed by atoms with Crippen LogP contribution in [0.1, 0.15) is 35.9 Å². The van der Waals surface area contributed by atoms with Gasteiger partial charge in [0.25, 0.3) is 5.89 Å². The van der Waals surface area contributed by atoms with Crippen LogP contribution in [0.4, 0.5) is 0 Å². The quantitative estimate of drug-likeness (QED) is 0.403. The predicted octanol–water partition coefficient (Wildman–Crippen LogP) is 4.93. The summed E-state index contributed by atoms with van der Waals surface area (Å²) in [6.07, 6.45) is 0.976. The van der Waals surface area contributed by atoms with Crippen molar-refractivity contribution in [2.45, 2.75) is 40.3 Å². The molecule has 0 saturated carbocycles. The Balaban J connectivity index is 1.62. The van der Waals surface area contributed by atoms with Crippen LogP contribution in [0.15, 0.2) is 49.3 Å². The molecule has 0 atom stereocenters. The van der Waals surface area contributed by atoms with Crippen molar-refractivity contribution in [3.8, 4) is 10.8 Å². The number of benzene rings is 1. The van der Waals surface area contributed by atoms with E-state index < -0.39 is 0 Å². The van der Waals surface area contributed by atoms with E-state index in [2.05, 4.69) is 35.0 Å². The Kier molecular flexibility index (Phi) is 5.60. The average molecular weight is 410 g/mol. The molecular weight excluding hydrogens is 386 g/mol. The van der Waals surface area contributed by atoms with Crippen LogP contribution in [0.25, 0.3) is 21.7 Å². The van der Waals surface area contributed by atoms with Crippen LogP contribution in [0, 0.1) is 13.8 Å². The lowest BCUT2D eigenvalue weighted by molar-refractivity contribution is 0.232. The van der Waals surface area contributed by atoms with Crippen LogP contribution in [-0.2, 0) is 13.1 Å². The number of hydrogen-bond acceptors (Lipinski definition) is 7. The Morgan fingerprint density at radius 3 is 2.66 bits per heavy atom. The molecule has 0 bridgehead atoms. The fourth-order valence-electron chi connectivity index (χ4n) is 3.39. The maximum absolute atomic E-state index is 12.1. The lowest BCUT2D eigenvalue weighted by atomic mass is 10.0. The molecule has 4 rings (SSSR count). The molecule has 150 valence electrons. The third-order valence-corrected chi connectivity index (χ3v) is 5.79. The Labute approximate surface area is 172 Å². The van der Waals surface area contributed by atoms with Crippen molar-refractivity contribution < 1.29 is 8.83 Å². The Bertz CT molecular complexity index is 1180. The lowest BCUT2D eigenvalue weighted by Crippen LogP contribution is -2.24. The highest BCUT2D eigenvalue weighted by molar-refractivity contribution is 7.13. The average Bonchev–Trinajstić information content (AvgIpc) is 3.35. The number of rotatable bonds is 7. The molecule has 0 unspecified atom stereocenters. The summed E-state index contributed by atoms with van der Waals surface area (Å²) >= 11 is 1.57. The normalized spacial score (nSPS) is 11.6. The van der Waals surface area contributed by atoms with Crippen LogP contribution in [0.5, 0.6) is 0 Å². The Morgan fingerprint density at radius 1 is 1.07 bits per heavy atom. The van der Waals surface area contributed by atoms with Crippen molar-refractivity contribution in [1.82, 2.24) is 15.1 Å². The van der Waals surface area contributed by atoms with Gasteiger partial charge in [-0.3, -0.25) is 4.90 Å². The topological polar surface area (TPSA) is 72.4 Å². The molecule has 0 aliphatic rings. The minimum atomic E-state index is -0.329. The summed E-state index contributed by atoms with van der Waals surface area (Å²) in [5, 5.41) is 11.3. The molecule has 4 aromatic rings. The van der Waals surface area contributed by atoms with Gasteiger partial charge in [0.05, 0.1) is 11.4 Å². The summed E-state index contributed by atoms with van der Waals surface area (Å²) in [6.45, 7) is 8.20. The predicted molar refractivity (Wildman–Crippen MR) is 114 cm³/mol. The molecule has 6 nitrogen and oxygen atoms in total. The molecule has 3 heterocycles. The zero-order valence-electron chi connectivity index (χ0n) is 16.8. The number of hydrogen-bond donors (Lipinski definition) is 0. The van der Waals surface area contributed by atoms with Crippen molar-refractivity contribution in [1.29, 1.82) is 0 Å². The molecule has 7 heteroatoms. The van der Waals surface area contributed by atoms with E-state index in [0.29, 0.717) is 30.5 Å². The molecular formula is C22H23N3O3S. The van der Waals surface area contributed by atoms with Crippen molar-refractivity contribution in [2.75, 3.05) is 6.54 Å². The maximum Gasteiger partial charge on any atom is 0.336 e. The van der Waals surface area contributed by atoms with Gasteiger partial charge in [-0.25, -0.2) is 4.79 Å². The number of nitrogens with zero attached hydrogens (tertiary/aromatic N) is 3. The summed E-state index contributed by atoms with van der Waals surface area (Å²) in [4.78, 5) is 15.3. The second-order valence-electron chi connectivity index (χ2n) is 7.21. The summed E-state index contributed by atoms with van der Waals surface area (Å²) < 4.78 is 11.3. The monoisotopic (exact) mass is 409 g/mol. The van der Waals surface area contributed by atoms with Gasteiger partial charge in [0.2, 0.25) is 5.89 Å². The van der Waals surface area contributed by atoms with E-state index >= 15 is 0 Å². The highest BCUT2D eigenvalue weighted by Gasteiger charge is 2.16. The molecule has 3 aromatic heterocycles. The van der Waals surface area contributed by atoms with E-state index in [1.54, 1.807) is 17.4 Å². The van der Waals surface area contributed by atoms with Crippen molar-refractivity contribution in [3.05, 3.63) is 68.7 Å². The zero-order valence-corrected chi connectivity index (χ0v) is 17.6. The van der Waals surface area contributed by atoms with Crippen LogP contribution in [0.3, 0.4) is 0 Å². The van der Waals surface area contributed by atoms with Gasteiger partial charge in [-0.15, -0.1) is 21.5 Å². The second-order valence-corrected chi connectivity index (χ2v) is 8.16. The summed E-state index contributed by atoms with van der Waals surface area (Å²) in [5.41, 5.74) is 3.53. The third kappa shape index (κ3) is 4.31. The van der Waals surface area contributed by atoms with E-state index in [1.165, 1.54) is 5.56 Å². The molecule has 0 amide bonds. The molecule has 0 aliphatic heterocycles. The standard InChI is InChI=1S/C22H23N3O3S/c1-4-7-25(13-20-23-24-22(28-20)19-6-5-8-29-19)12-16-11-21(26)27-18-10-15(3)14(2)9-17(16)18/h5-6,8-11H,4,7,12-13H2,1-3H3. The van der Waals surface area contributed by atoms with E-state index in [0.717, 1.165) is 34.4 Å². The summed E-state index contributed by atoms with van der Waals surface area (Å²) in [7, 11) is 0. The van der Waals surface area contributed by atoms with Crippen LogP contribution in [-0.4, -0.2) is 21.6 Å². The molecule has 0 aliphatic carbocycles. The second kappa shape index (κ2) is 8.31. The minimum Gasteiger partial charge on any atom is -0.423 e. The molecule has 0 fully saturated rings. The smallest absolute Gasteiger partial charge is 0.336 e. The van der Waals surface area contributed by atoms with E-state index in [4.69, 9.17) is 8.83 Å². The largest absolute Gasteiger partial charge is 0.423 e. The lowest BCUT2D eigenvalue weighted by Gasteiger charge is -2.20. The first-order chi connectivity index (χ1) is 14.0. The van der Waals surface area contributed by atoms with E-state index in [-0.39, 0.29) is 5.63 Å². The fourth-order valence-corrected chi connectivity index (χ4v) is 4.04. The van der Waals surface area contributed by atoms with Crippen LogP contribution in [0.2, 0.25) is 0 Å². The first-order valence-corrected chi connectivity index (χ1v) is 10.5. The van der Waals surface area contributed by atoms with Gasteiger partial charge in [-0.05, 0) is 67.1 Å². The number of aryl methyl sites for hydroxylation is 2. The van der Waals surface area contributed by atoms with Crippen molar-refractivity contribution >= 4 is 22.3 Å². The SMILES string of the molecule is CCCN(Cc1nnc(-c2cccs2)o1)Cc1cc(=O)oc2cc(C)c(C)cc12. The minimum absolute atomic E-state index is 0.329. The van der Waals surface area contributed by atoms with E-state index in [1.807, 2.05) is 30.5 Å². The third-order valence-electron chi connectivity index (χ3n) is 4.94. The maximum atomic E-state index is 12.1. The molecule has 0 spiro atoms. The van der Waals surface area contributed by atoms with Gasteiger partial charge in [-0.1, -0.05) is 13.0 Å². The highest BCUT2D eigenvalue weighted by Crippen LogP contribution is 2.25. The molecule has 0 N–H and O–H groups in total. The van der Waals surface area contributed by atoms with Gasteiger partial charge in [-0.2, -0.15) is 0 Å². The van der Waals surface area contributed by atoms with Crippen LogP contribution < -0.4 is 5.63 Å². The molecule has 29 heavy (non-hydrogen) atoms. The molecule has 0 radical (unpaired) electrons. The fraction of sp³-hybridized carbons (Fsp3) is 0.318. The zero-order chi connectivity index (χ0) is 20.4. The summed E-state index contributed by atoms with van der Waals surface area (Å²) in [6, 6.07) is 9.54. The van der Waals surface area contributed by atoms with Gasteiger partial charge in [0.15, 0.2) is 0 Å².